The van der Waals surface area contributed by atoms with Crippen molar-refractivity contribution in [3.05, 3.63) is 90.8 Å². The molecule has 0 spiro atoms. The second-order valence-electron chi connectivity index (χ2n) is 6.82. The molecule has 0 aromatic heterocycles. The number of benzene rings is 4. The van der Waals surface area contributed by atoms with Gasteiger partial charge in [-0.1, -0.05) is 130 Å². The Hall–Kier alpha value is -1.98. The van der Waals surface area contributed by atoms with Gasteiger partial charge in [-0.2, -0.15) is 0 Å². The van der Waals surface area contributed by atoms with E-state index in [1.54, 1.807) is 48.5 Å². The summed E-state index contributed by atoms with van der Waals surface area (Å²) in [6, 6.07) is 17.6. The monoisotopic (exact) mass is 558 g/mol. The predicted octanol–water partition coefficient (Wildman–Crippen LogP) is 10.1. The quantitative estimate of drug-likeness (QED) is 0.244. The van der Waals surface area contributed by atoms with Crippen LogP contribution in [0.1, 0.15) is 0 Å². The first-order chi connectivity index (χ1) is 15.7. The fourth-order valence-corrected chi connectivity index (χ4v) is 4.77. The minimum atomic E-state index is -0.400. The number of hydrogen-bond acceptors (Lipinski definition) is 3. The molecule has 0 radical (unpaired) electrons. The van der Waals surface area contributed by atoms with Gasteiger partial charge in [0.15, 0.2) is 23.0 Å². The molecule has 33 heavy (non-hydrogen) atoms. The van der Waals surface area contributed by atoms with Gasteiger partial charge in [0, 0.05) is 11.1 Å². The maximum atomic E-state index is 11.0. The van der Waals surface area contributed by atoms with Crippen molar-refractivity contribution in [1.29, 1.82) is 0 Å². The molecule has 2 N–H and O–H groups in total. The van der Waals surface area contributed by atoms with Crippen LogP contribution in [-0.4, -0.2) is 10.2 Å². The summed E-state index contributed by atoms with van der Waals surface area (Å²) >= 11 is 38.2. The first-order valence-electron chi connectivity index (χ1n) is 9.31. The van der Waals surface area contributed by atoms with E-state index in [2.05, 4.69) is 0 Å². The molecule has 0 saturated heterocycles. The van der Waals surface area contributed by atoms with Crippen molar-refractivity contribution < 1.29 is 14.9 Å². The number of halogens is 6. The van der Waals surface area contributed by atoms with Gasteiger partial charge in [-0.25, -0.2) is 0 Å². The van der Waals surface area contributed by atoms with Crippen LogP contribution in [0.4, 0.5) is 0 Å². The van der Waals surface area contributed by atoms with Crippen LogP contribution in [0.3, 0.4) is 0 Å². The molecule has 4 aromatic rings. The second-order valence-corrected chi connectivity index (χ2v) is 9.09. The maximum Gasteiger partial charge on any atom is 0.190 e. The topological polar surface area (TPSA) is 49.7 Å². The smallest absolute Gasteiger partial charge is 0.190 e. The second kappa shape index (κ2) is 9.71. The lowest BCUT2D eigenvalue weighted by molar-refractivity contribution is 0.387. The fourth-order valence-electron chi connectivity index (χ4n) is 3.28. The molecule has 4 rings (SSSR count). The zero-order valence-corrected chi connectivity index (χ0v) is 20.9. The van der Waals surface area contributed by atoms with Gasteiger partial charge in [0.1, 0.15) is 10.0 Å². The average Bonchev–Trinajstić information content (AvgIpc) is 2.82. The molecule has 0 saturated carbocycles. The summed E-state index contributed by atoms with van der Waals surface area (Å²) in [5, 5.41) is 21.7. The molecule has 0 aliphatic rings. The lowest BCUT2D eigenvalue weighted by Gasteiger charge is -2.20. The number of rotatable bonds is 4. The zero-order chi connectivity index (χ0) is 23.9. The first-order valence-corrected chi connectivity index (χ1v) is 11.6. The van der Waals surface area contributed by atoms with Gasteiger partial charge in [0.25, 0.3) is 0 Å². The van der Waals surface area contributed by atoms with Crippen LogP contribution in [0.25, 0.3) is 22.3 Å². The summed E-state index contributed by atoms with van der Waals surface area (Å²) < 4.78 is 5.85. The molecule has 4 aromatic carbocycles. The van der Waals surface area contributed by atoms with E-state index < -0.39 is 11.5 Å². The number of hydrogen-bond donors (Lipinski definition) is 2. The standard InChI is InChI=1S/C24H12Cl6O3/c25-15-13(11-7-3-1-4-8-11)21(31)23(19(29)17(15)27)33-24-20(30)18(28)16(26)14(22(24)32)12-9-5-2-6-10-12/h1-10,31-32H. The van der Waals surface area contributed by atoms with Gasteiger partial charge in [-0.3, -0.25) is 0 Å². The van der Waals surface area contributed by atoms with Crippen LogP contribution in [0.15, 0.2) is 60.7 Å². The van der Waals surface area contributed by atoms with Crippen molar-refractivity contribution in [2.45, 2.75) is 0 Å². The van der Waals surface area contributed by atoms with Gasteiger partial charge in [0.2, 0.25) is 0 Å². The number of aromatic hydroxyl groups is 2. The highest BCUT2D eigenvalue weighted by Gasteiger charge is 2.28. The Kier molecular flexibility index (Phi) is 7.11. The van der Waals surface area contributed by atoms with Crippen LogP contribution >= 0.6 is 69.6 Å². The summed E-state index contributed by atoms with van der Waals surface area (Å²) in [5.74, 6) is -1.33. The van der Waals surface area contributed by atoms with E-state index in [4.69, 9.17) is 74.3 Å². The summed E-state index contributed by atoms with van der Waals surface area (Å²) in [7, 11) is 0. The van der Waals surface area contributed by atoms with Gasteiger partial charge in [-0.15, -0.1) is 0 Å². The molecule has 0 unspecified atom stereocenters. The summed E-state index contributed by atoms with van der Waals surface area (Å²) in [4.78, 5) is 0. The van der Waals surface area contributed by atoms with Crippen molar-refractivity contribution in [1.82, 2.24) is 0 Å². The van der Waals surface area contributed by atoms with E-state index in [0.29, 0.717) is 11.1 Å². The number of phenolic OH excluding ortho intramolecular Hbond substituents is 2. The van der Waals surface area contributed by atoms with Gasteiger partial charge in [0.05, 0.1) is 20.1 Å². The lowest BCUT2D eigenvalue weighted by atomic mass is 10.0. The molecular weight excluding hydrogens is 549 g/mol. The molecule has 9 heteroatoms. The normalized spacial score (nSPS) is 11.0. The first kappa shape index (κ1) is 24.2. The summed E-state index contributed by atoms with van der Waals surface area (Å²) in [6.07, 6.45) is 0. The molecule has 0 aliphatic carbocycles. The lowest BCUT2D eigenvalue weighted by Crippen LogP contribution is -1.95. The molecular formula is C24H12Cl6O3. The van der Waals surface area contributed by atoms with Crippen LogP contribution in [0.5, 0.6) is 23.0 Å². The number of phenols is 2. The SMILES string of the molecule is Oc1c(Oc2c(O)c(-c3ccccc3)c(Cl)c(Cl)c2Cl)c(Cl)c(Cl)c(Cl)c1-c1ccccc1. The van der Waals surface area contributed by atoms with Crippen molar-refractivity contribution in [3.8, 4) is 45.3 Å². The van der Waals surface area contributed by atoms with Gasteiger partial charge < -0.3 is 14.9 Å². The summed E-state index contributed by atoms with van der Waals surface area (Å²) in [6.45, 7) is 0. The third-order valence-electron chi connectivity index (χ3n) is 4.84. The Morgan fingerprint density at radius 2 is 0.788 bits per heavy atom. The Labute approximate surface area is 219 Å². The summed E-state index contributed by atoms with van der Waals surface area (Å²) in [5.41, 5.74) is 1.52. The highest BCUT2D eigenvalue weighted by atomic mass is 35.5. The Morgan fingerprint density at radius 1 is 0.455 bits per heavy atom. The average molecular weight is 561 g/mol. The van der Waals surface area contributed by atoms with E-state index in [1.165, 1.54) is 0 Å². The minimum Gasteiger partial charge on any atom is -0.504 e. The molecule has 3 nitrogen and oxygen atoms in total. The Balaban J connectivity index is 1.96. The highest BCUT2D eigenvalue weighted by Crippen LogP contribution is 2.57. The molecule has 0 bridgehead atoms. The van der Waals surface area contributed by atoms with E-state index in [1.807, 2.05) is 12.1 Å². The van der Waals surface area contributed by atoms with Crippen molar-refractivity contribution in [2.75, 3.05) is 0 Å². The third-order valence-corrected chi connectivity index (χ3v) is 7.46. The van der Waals surface area contributed by atoms with Gasteiger partial charge in [-0.05, 0) is 11.1 Å². The Morgan fingerprint density at radius 3 is 1.12 bits per heavy atom. The van der Waals surface area contributed by atoms with E-state index in [-0.39, 0.29) is 52.8 Å². The largest absolute Gasteiger partial charge is 0.504 e. The maximum absolute atomic E-state index is 11.0. The van der Waals surface area contributed by atoms with E-state index in [0.717, 1.165) is 0 Å². The fraction of sp³-hybridized carbons (Fsp3) is 0. The minimum absolute atomic E-state index is 0.0344. The van der Waals surface area contributed by atoms with Crippen LogP contribution < -0.4 is 4.74 Å². The third kappa shape index (κ3) is 4.30. The van der Waals surface area contributed by atoms with Crippen LogP contribution in [0.2, 0.25) is 30.1 Å². The molecule has 0 fully saturated rings. The number of ether oxygens (including phenoxy) is 1. The van der Waals surface area contributed by atoms with Crippen LogP contribution in [-0.2, 0) is 0 Å². The Bertz CT molecular complexity index is 1250. The van der Waals surface area contributed by atoms with E-state index in [9.17, 15) is 10.2 Å². The van der Waals surface area contributed by atoms with Gasteiger partial charge >= 0.3 is 0 Å². The predicted molar refractivity (Wildman–Crippen MR) is 137 cm³/mol. The molecule has 0 atom stereocenters. The van der Waals surface area contributed by atoms with Crippen molar-refractivity contribution in [2.24, 2.45) is 0 Å². The van der Waals surface area contributed by atoms with E-state index >= 15 is 0 Å². The van der Waals surface area contributed by atoms with Crippen molar-refractivity contribution >= 4 is 69.6 Å². The molecule has 168 valence electrons. The molecule has 0 amide bonds. The molecule has 0 heterocycles. The molecule has 0 aliphatic heterocycles. The van der Waals surface area contributed by atoms with Crippen molar-refractivity contribution in [3.63, 3.8) is 0 Å². The zero-order valence-electron chi connectivity index (χ0n) is 16.3. The highest BCUT2D eigenvalue weighted by molar-refractivity contribution is 6.51. The van der Waals surface area contributed by atoms with Crippen LogP contribution in [0, 0.1) is 0 Å².